The fourth-order valence-electron chi connectivity index (χ4n) is 3.58. The van der Waals surface area contributed by atoms with E-state index in [0.29, 0.717) is 0 Å². The first kappa shape index (κ1) is 18.0. The third-order valence-corrected chi connectivity index (χ3v) is 5.13. The molecule has 2 nitrogen and oxygen atoms in total. The Labute approximate surface area is 167 Å². The second-order valence-electron chi connectivity index (χ2n) is 7.27. The summed E-state index contributed by atoms with van der Waals surface area (Å²) in [6.07, 6.45) is 6.54. The number of anilines is 1. The highest BCUT2D eigenvalue weighted by Gasteiger charge is 2.14. The topological polar surface area (TPSA) is 7.12 Å². The highest BCUT2D eigenvalue weighted by Crippen LogP contribution is 2.28. The lowest BCUT2D eigenvalue weighted by molar-refractivity contribution is -0.644. The molecule has 1 heterocycles. The van der Waals surface area contributed by atoms with Gasteiger partial charge in [0.05, 0.1) is 10.9 Å². The summed E-state index contributed by atoms with van der Waals surface area (Å²) >= 11 is 0. The summed E-state index contributed by atoms with van der Waals surface area (Å²) in [5.74, 6) is 0. The van der Waals surface area contributed by atoms with Crippen LogP contribution >= 0.6 is 0 Å². The molecule has 0 bridgehead atoms. The zero-order valence-electron chi connectivity index (χ0n) is 16.6. The first-order valence-electron chi connectivity index (χ1n) is 9.56. The van der Waals surface area contributed by atoms with Crippen molar-refractivity contribution in [3.63, 3.8) is 0 Å². The maximum absolute atomic E-state index is 2.21. The third kappa shape index (κ3) is 3.54. The fraction of sp³-hybridized carbons (Fsp3) is 0.115. The molecule has 0 saturated carbocycles. The molecular weight excluding hydrogens is 340 g/mol. The van der Waals surface area contributed by atoms with Gasteiger partial charge in [-0.1, -0.05) is 60.7 Å². The molecule has 2 heteroatoms. The van der Waals surface area contributed by atoms with Gasteiger partial charge in [-0.3, -0.25) is 0 Å². The van der Waals surface area contributed by atoms with Gasteiger partial charge in [0.15, 0.2) is 6.20 Å². The zero-order chi connectivity index (χ0) is 19.5. The smallest absolute Gasteiger partial charge is 0.220 e. The van der Waals surface area contributed by atoms with E-state index >= 15 is 0 Å². The molecule has 0 saturated heterocycles. The second kappa shape index (κ2) is 7.69. The van der Waals surface area contributed by atoms with Gasteiger partial charge >= 0.3 is 0 Å². The van der Waals surface area contributed by atoms with E-state index in [-0.39, 0.29) is 0 Å². The van der Waals surface area contributed by atoms with Crippen LogP contribution < -0.4 is 9.47 Å². The first-order valence-corrected chi connectivity index (χ1v) is 9.56. The van der Waals surface area contributed by atoms with Crippen molar-refractivity contribution >= 4 is 28.7 Å². The molecule has 1 aromatic heterocycles. The number of hydrogen-bond acceptors (Lipinski definition) is 1. The van der Waals surface area contributed by atoms with Gasteiger partial charge in [0.2, 0.25) is 5.52 Å². The Balaban J connectivity index is 1.77. The molecule has 0 aliphatic carbocycles. The lowest BCUT2D eigenvalue weighted by atomic mass is 9.99. The van der Waals surface area contributed by atoms with Crippen LogP contribution in [-0.2, 0) is 7.05 Å². The monoisotopic (exact) mass is 365 g/mol. The minimum Gasteiger partial charge on any atom is -0.378 e. The van der Waals surface area contributed by atoms with Gasteiger partial charge in [-0.15, -0.1) is 0 Å². The van der Waals surface area contributed by atoms with Crippen LogP contribution in [0.4, 0.5) is 5.69 Å². The van der Waals surface area contributed by atoms with E-state index in [1.54, 1.807) is 0 Å². The van der Waals surface area contributed by atoms with Gasteiger partial charge in [0, 0.05) is 25.8 Å². The van der Waals surface area contributed by atoms with Gasteiger partial charge in [-0.25, -0.2) is 4.57 Å². The van der Waals surface area contributed by atoms with Crippen LogP contribution in [0.3, 0.4) is 0 Å². The van der Waals surface area contributed by atoms with Gasteiger partial charge in [-0.2, -0.15) is 0 Å². The number of para-hydroxylation sites is 1. The van der Waals surface area contributed by atoms with E-state index in [1.165, 1.54) is 38.8 Å². The summed E-state index contributed by atoms with van der Waals surface area (Å²) in [4.78, 5) is 2.11. The van der Waals surface area contributed by atoms with Crippen LogP contribution in [-0.4, -0.2) is 14.1 Å². The van der Waals surface area contributed by atoms with Crippen molar-refractivity contribution in [3.05, 3.63) is 96.2 Å². The number of nitrogens with zero attached hydrogens (tertiary/aromatic N) is 2. The maximum Gasteiger partial charge on any atom is 0.220 e. The highest BCUT2D eigenvalue weighted by molar-refractivity contribution is 5.97. The van der Waals surface area contributed by atoms with Crippen LogP contribution in [0.5, 0.6) is 0 Å². The Morgan fingerprint density at radius 1 is 0.750 bits per heavy atom. The number of benzene rings is 3. The van der Waals surface area contributed by atoms with Crippen molar-refractivity contribution in [2.75, 3.05) is 19.0 Å². The molecule has 0 unspecified atom stereocenters. The number of aromatic nitrogens is 1. The third-order valence-electron chi connectivity index (χ3n) is 5.13. The number of aryl methyl sites for hydroxylation is 1. The first-order chi connectivity index (χ1) is 13.6. The molecule has 0 aliphatic rings. The second-order valence-corrected chi connectivity index (χ2v) is 7.27. The number of rotatable bonds is 4. The van der Waals surface area contributed by atoms with Crippen molar-refractivity contribution in [2.24, 2.45) is 7.05 Å². The minimum absolute atomic E-state index is 1.20. The van der Waals surface area contributed by atoms with Gasteiger partial charge in [0.25, 0.3) is 0 Å². The molecule has 0 fully saturated rings. The maximum atomic E-state index is 2.21. The standard InChI is InChI=1S/C26H25N2/c1-27(2)23-16-13-20(14-17-23)12-15-22-18-19-28(3)26-24(10-7-11-25(22)26)21-8-5-4-6-9-21/h4-19H,1-3H3/q+1. The van der Waals surface area contributed by atoms with Gasteiger partial charge in [-0.05, 0) is 41.0 Å². The van der Waals surface area contributed by atoms with Crippen LogP contribution in [0.15, 0.2) is 85.1 Å². The Morgan fingerprint density at radius 2 is 1.50 bits per heavy atom. The molecule has 0 atom stereocenters. The quantitative estimate of drug-likeness (QED) is 0.429. The van der Waals surface area contributed by atoms with Crippen molar-refractivity contribution in [1.82, 2.24) is 0 Å². The molecule has 28 heavy (non-hydrogen) atoms. The predicted octanol–water partition coefficient (Wildman–Crippen LogP) is 5.57. The van der Waals surface area contributed by atoms with E-state index in [0.717, 1.165) is 0 Å². The van der Waals surface area contributed by atoms with E-state index in [1.807, 2.05) is 0 Å². The number of hydrogen-bond donors (Lipinski definition) is 0. The lowest BCUT2D eigenvalue weighted by Crippen LogP contribution is -2.29. The normalized spacial score (nSPS) is 11.2. The van der Waals surface area contributed by atoms with Crippen LogP contribution in [0, 0.1) is 0 Å². The van der Waals surface area contributed by atoms with E-state index in [2.05, 4.69) is 128 Å². The fourth-order valence-corrected chi connectivity index (χ4v) is 3.58. The Bertz CT molecular complexity index is 1120. The molecular formula is C26H25N2+. The van der Waals surface area contributed by atoms with Crippen molar-refractivity contribution in [2.45, 2.75) is 0 Å². The highest BCUT2D eigenvalue weighted by atomic mass is 15.1. The van der Waals surface area contributed by atoms with Crippen molar-refractivity contribution in [3.8, 4) is 11.1 Å². The minimum atomic E-state index is 1.20. The van der Waals surface area contributed by atoms with Gasteiger partial charge < -0.3 is 4.90 Å². The van der Waals surface area contributed by atoms with E-state index in [4.69, 9.17) is 0 Å². The predicted molar refractivity (Wildman–Crippen MR) is 120 cm³/mol. The van der Waals surface area contributed by atoms with Crippen LogP contribution in [0.1, 0.15) is 11.1 Å². The number of fused-ring (bicyclic) bond motifs is 1. The summed E-state index contributed by atoms with van der Waals surface area (Å²) < 4.78 is 2.21. The summed E-state index contributed by atoms with van der Waals surface area (Å²) in [5, 5.41) is 1.26. The molecule has 0 spiro atoms. The average Bonchev–Trinajstić information content (AvgIpc) is 2.74. The Hall–Kier alpha value is -3.39. The molecule has 138 valence electrons. The SMILES string of the molecule is CN(C)c1ccc(/C=C/c2cc[n+](C)c3c(-c4ccccc4)cccc23)cc1. The molecule has 3 aromatic carbocycles. The van der Waals surface area contributed by atoms with E-state index < -0.39 is 0 Å². The molecule has 0 N–H and O–H groups in total. The van der Waals surface area contributed by atoms with Crippen LogP contribution in [0.25, 0.3) is 34.2 Å². The largest absolute Gasteiger partial charge is 0.378 e. The summed E-state index contributed by atoms with van der Waals surface area (Å²) in [5.41, 5.74) is 7.38. The summed E-state index contributed by atoms with van der Waals surface area (Å²) in [6, 6.07) is 27.9. The molecule has 4 aromatic rings. The summed E-state index contributed by atoms with van der Waals surface area (Å²) in [7, 11) is 6.23. The lowest BCUT2D eigenvalue weighted by Gasteiger charge is -2.11. The number of pyridine rings is 1. The molecule has 4 rings (SSSR count). The molecule has 0 amide bonds. The van der Waals surface area contributed by atoms with Crippen LogP contribution in [0.2, 0.25) is 0 Å². The average molecular weight is 366 g/mol. The Morgan fingerprint density at radius 3 is 2.21 bits per heavy atom. The zero-order valence-corrected chi connectivity index (χ0v) is 16.6. The summed E-state index contributed by atoms with van der Waals surface area (Å²) in [6.45, 7) is 0. The van der Waals surface area contributed by atoms with Gasteiger partial charge in [0.1, 0.15) is 7.05 Å². The van der Waals surface area contributed by atoms with Crippen molar-refractivity contribution in [1.29, 1.82) is 0 Å². The molecule has 0 aliphatic heterocycles. The molecule has 0 radical (unpaired) electrons. The van der Waals surface area contributed by atoms with E-state index in [9.17, 15) is 0 Å². The Kier molecular flexibility index (Phi) is 4.94. The van der Waals surface area contributed by atoms with Crippen molar-refractivity contribution < 1.29 is 4.57 Å².